The summed E-state index contributed by atoms with van der Waals surface area (Å²) < 4.78 is 0. The lowest BCUT2D eigenvalue weighted by Crippen LogP contribution is -2.03. The molecular formula is C19H17N5. The standard InChI is InChI=1S/C19H17N5/c20-15-5-1-3-12(9-15)13-6-7-17-16(10-13)18(21)24-19(23-17)14-4-2-8-22-11-14/h1,3-7,9-11H,2,8,20H2,(H2,21,23,24). The van der Waals surface area contributed by atoms with Crippen molar-refractivity contribution in [3.05, 3.63) is 54.4 Å². The van der Waals surface area contributed by atoms with Crippen molar-refractivity contribution in [3.63, 3.8) is 0 Å². The van der Waals surface area contributed by atoms with E-state index >= 15 is 0 Å². The van der Waals surface area contributed by atoms with Gasteiger partial charge in [-0.2, -0.15) is 0 Å². The summed E-state index contributed by atoms with van der Waals surface area (Å²) in [6, 6.07) is 13.8. The normalized spacial score (nSPS) is 13.9. The van der Waals surface area contributed by atoms with Crippen molar-refractivity contribution in [2.75, 3.05) is 18.0 Å². The van der Waals surface area contributed by atoms with Crippen molar-refractivity contribution in [3.8, 4) is 11.1 Å². The highest BCUT2D eigenvalue weighted by molar-refractivity contribution is 6.09. The molecule has 118 valence electrons. The lowest BCUT2D eigenvalue weighted by molar-refractivity contribution is 1.000. The number of nitrogens with two attached hydrogens (primary N) is 2. The molecule has 5 nitrogen and oxygen atoms in total. The number of nitrogen functional groups attached to an aromatic ring is 2. The van der Waals surface area contributed by atoms with Crippen molar-refractivity contribution >= 4 is 34.2 Å². The molecular weight excluding hydrogens is 298 g/mol. The Morgan fingerprint density at radius 1 is 0.917 bits per heavy atom. The van der Waals surface area contributed by atoms with Crippen molar-refractivity contribution in [2.24, 2.45) is 4.99 Å². The van der Waals surface area contributed by atoms with E-state index in [0.717, 1.165) is 46.3 Å². The minimum absolute atomic E-state index is 0.473. The number of fused-ring (bicyclic) bond motifs is 1. The molecule has 1 aromatic heterocycles. The van der Waals surface area contributed by atoms with Gasteiger partial charge in [0.05, 0.1) is 5.52 Å². The second-order valence-electron chi connectivity index (χ2n) is 5.77. The highest BCUT2D eigenvalue weighted by atomic mass is 15.0. The SMILES string of the molecule is Nc1cccc(-c2ccc3nc(C4=CCCN=C4)nc(N)c3c2)c1. The van der Waals surface area contributed by atoms with Gasteiger partial charge in [0.25, 0.3) is 0 Å². The van der Waals surface area contributed by atoms with Crippen LogP contribution in [0.15, 0.2) is 53.5 Å². The Hall–Kier alpha value is -3.21. The second kappa shape index (κ2) is 5.77. The topological polar surface area (TPSA) is 90.2 Å². The van der Waals surface area contributed by atoms with E-state index in [-0.39, 0.29) is 0 Å². The Morgan fingerprint density at radius 3 is 2.58 bits per heavy atom. The van der Waals surface area contributed by atoms with Crippen LogP contribution in [0.4, 0.5) is 11.5 Å². The Morgan fingerprint density at radius 2 is 1.79 bits per heavy atom. The third kappa shape index (κ3) is 2.60. The summed E-state index contributed by atoms with van der Waals surface area (Å²) in [5.41, 5.74) is 16.6. The zero-order valence-electron chi connectivity index (χ0n) is 13.1. The third-order valence-corrected chi connectivity index (χ3v) is 4.06. The maximum atomic E-state index is 6.19. The van der Waals surface area contributed by atoms with Gasteiger partial charge in [-0.3, -0.25) is 4.99 Å². The molecule has 0 amide bonds. The molecule has 0 atom stereocenters. The Labute approximate surface area is 139 Å². The fourth-order valence-electron chi connectivity index (χ4n) is 2.84. The van der Waals surface area contributed by atoms with Gasteiger partial charge in [-0.1, -0.05) is 24.3 Å². The molecule has 3 aromatic rings. The van der Waals surface area contributed by atoms with Gasteiger partial charge in [-0.25, -0.2) is 9.97 Å². The molecule has 0 saturated carbocycles. The number of nitrogens with zero attached hydrogens (tertiary/aromatic N) is 3. The molecule has 0 unspecified atom stereocenters. The maximum Gasteiger partial charge on any atom is 0.163 e. The molecule has 0 fully saturated rings. The van der Waals surface area contributed by atoms with Gasteiger partial charge in [0.2, 0.25) is 0 Å². The van der Waals surface area contributed by atoms with Gasteiger partial charge in [-0.05, 0) is 41.8 Å². The van der Waals surface area contributed by atoms with Crippen LogP contribution in [0.1, 0.15) is 12.2 Å². The number of dihydropyridines is 1. The largest absolute Gasteiger partial charge is 0.399 e. The molecule has 4 N–H and O–H groups in total. The molecule has 0 bridgehead atoms. The van der Waals surface area contributed by atoms with Gasteiger partial charge in [0.15, 0.2) is 5.82 Å². The zero-order chi connectivity index (χ0) is 16.5. The highest BCUT2D eigenvalue weighted by Gasteiger charge is 2.11. The number of rotatable bonds is 2. The van der Waals surface area contributed by atoms with Crippen molar-refractivity contribution in [1.82, 2.24) is 9.97 Å². The first-order valence-electron chi connectivity index (χ1n) is 7.84. The lowest BCUT2D eigenvalue weighted by Gasteiger charge is -2.10. The number of hydrogen-bond donors (Lipinski definition) is 2. The summed E-state index contributed by atoms with van der Waals surface area (Å²) in [4.78, 5) is 13.4. The Balaban J connectivity index is 1.82. The molecule has 2 heterocycles. The predicted molar refractivity (Wildman–Crippen MR) is 99.8 cm³/mol. The Kier molecular flexibility index (Phi) is 3.46. The van der Waals surface area contributed by atoms with E-state index in [1.807, 2.05) is 48.7 Å². The van der Waals surface area contributed by atoms with Gasteiger partial charge in [-0.15, -0.1) is 0 Å². The van der Waals surface area contributed by atoms with Crippen LogP contribution in [-0.2, 0) is 0 Å². The number of aromatic nitrogens is 2. The van der Waals surface area contributed by atoms with E-state index in [4.69, 9.17) is 11.5 Å². The number of hydrogen-bond acceptors (Lipinski definition) is 5. The summed E-state index contributed by atoms with van der Waals surface area (Å²) in [6.45, 7) is 0.816. The molecule has 0 aliphatic carbocycles. The summed E-state index contributed by atoms with van der Waals surface area (Å²) in [6.07, 6.45) is 4.81. The summed E-state index contributed by atoms with van der Waals surface area (Å²) in [5, 5.41) is 0.840. The zero-order valence-corrected chi connectivity index (χ0v) is 13.1. The number of benzene rings is 2. The molecule has 4 rings (SSSR count). The van der Waals surface area contributed by atoms with E-state index in [1.54, 1.807) is 0 Å². The average molecular weight is 315 g/mol. The monoisotopic (exact) mass is 315 g/mol. The highest BCUT2D eigenvalue weighted by Crippen LogP contribution is 2.28. The van der Waals surface area contributed by atoms with E-state index in [2.05, 4.69) is 21.0 Å². The van der Waals surface area contributed by atoms with Crippen LogP contribution < -0.4 is 11.5 Å². The number of aliphatic imine (C=N–C) groups is 1. The molecule has 0 saturated heterocycles. The fourth-order valence-corrected chi connectivity index (χ4v) is 2.84. The average Bonchev–Trinajstić information content (AvgIpc) is 2.62. The Bertz CT molecular complexity index is 988. The summed E-state index contributed by atoms with van der Waals surface area (Å²) >= 11 is 0. The van der Waals surface area contributed by atoms with Gasteiger partial charge >= 0.3 is 0 Å². The van der Waals surface area contributed by atoms with Gasteiger partial charge in [0, 0.05) is 29.4 Å². The third-order valence-electron chi connectivity index (χ3n) is 4.06. The minimum Gasteiger partial charge on any atom is -0.399 e. The van der Waals surface area contributed by atoms with Crippen molar-refractivity contribution in [2.45, 2.75) is 6.42 Å². The van der Waals surface area contributed by atoms with E-state index < -0.39 is 0 Å². The molecule has 5 heteroatoms. The van der Waals surface area contributed by atoms with Crippen LogP contribution >= 0.6 is 0 Å². The van der Waals surface area contributed by atoms with Crippen LogP contribution in [0.25, 0.3) is 27.6 Å². The second-order valence-corrected chi connectivity index (χ2v) is 5.77. The molecule has 1 aliphatic heterocycles. The molecule has 0 spiro atoms. The number of anilines is 2. The van der Waals surface area contributed by atoms with Crippen molar-refractivity contribution < 1.29 is 0 Å². The van der Waals surface area contributed by atoms with Crippen LogP contribution in [0.5, 0.6) is 0 Å². The van der Waals surface area contributed by atoms with E-state index in [9.17, 15) is 0 Å². The summed E-state index contributed by atoms with van der Waals surface area (Å²) in [5.74, 6) is 1.10. The van der Waals surface area contributed by atoms with E-state index in [0.29, 0.717) is 11.6 Å². The van der Waals surface area contributed by atoms with Crippen LogP contribution in [0.3, 0.4) is 0 Å². The quantitative estimate of drug-likeness (QED) is 0.710. The number of allylic oxidation sites excluding steroid dienone is 1. The first kappa shape index (κ1) is 14.4. The van der Waals surface area contributed by atoms with E-state index in [1.165, 1.54) is 0 Å². The predicted octanol–water partition coefficient (Wildman–Crippen LogP) is 3.32. The summed E-state index contributed by atoms with van der Waals surface area (Å²) in [7, 11) is 0. The maximum absolute atomic E-state index is 6.19. The molecule has 2 aromatic carbocycles. The van der Waals surface area contributed by atoms with Crippen LogP contribution in [0, 0.1) is 0 Å². The van der Waals surface area contributed by atoms with Crippen LogP contribution in [0.2, 0.25) is 0 Å². The van der Waals surface area contributed by atoms with Crippen LogP contribution in [-0.4, -0.2) is 22.7 Å². The first-order chi connectivity index (χ1) is 11.7. The smallest absolute Gasteiger partial charge is 0.163 e. The van der Waals surface area contributed by atoms with Gasteiger partial charge in [0.1, 0.15) is 5.82 Å². The lowest BCUT2D eigenvalue weighted by atomic mass is 10.0. The molecule has 0 radical (unpaired) electrons. The molecule has 1 aliphatic rings. The van der Waals surface area contributed by atoms with Gasteiger partial charge < -0.3 is 11.5 Å². The van der Waals surface area contributed by atoms with Crippen molar-refractivity contribution in [1.29, 1.82) is 0 Å². The minimum atomic E-state index is 0.473. The first-order valence-corrected chi connectivity index (χ1v) is 7.84. The molecule has 24 heavy (non-hydrogen) atoms. The fraction of sp³-hybridized carbons (Fsp3) is 0.105.